The van der Waals surface area contributed by atoms with Crippen LogP contribution in [0.5, 0.6) is 0 Å². The number of hydrogen-bond donors (Lipinski definition) is 0. The van der Waals surface area contributed by atoms with Crippen LogP contribution in [0.15, 0.2) is 276 Å². The monoisotopic (exact) mass is 1070 g/mol. The van der Waals surface area contributed by atoms with Gasteiger partial charge < -0.3 is 8.83 Å². The smallest absolute Gasteiger partial charge is 0.136 e. The Morgan fingerprint density at radius 3 is 1.40 bits per heavy atom. The maximum Gasteiger partial charge on any atom is 0.136 e. The van der Waals surface area contributed by atoms with Crippen molar-refractivity contribution in [3.8, 4) is 44.5 Å². The first-order valence-electron chi connectivity index (χ1n) is 29.5. The summed E-state index contributed by atoms with van der Waals surface area (Å²) in [7, 11) is 0. The van der Waals surface area contributed by atoms with E-state index in [4.69, 9.17) is 8.83 Å². The molecule has 14 aromatic carbocycles. The molecule has 0 aliphatic heterocycles. The first kappa shape index (κ1) is 47.1. The van der Waals surface area contributed by atoms with Crippen LogP contribution in [0.25, 0.3) is 165 Å². The van der Waals surface area contributed by atoms with Crippen molar-refractivity contribution in [2.24, 2.45) is 0 Å². The molecule has 2 heteroatoms. The van der Waals surface area contributed by atoms with Crippen molar-refractivity contribution < 1.29 is 8.83 Å². The lowest BCUT2D eigenvalue weighted by Gasteiger charge is -2.27. The van der Waals surface area contributed by atoms with Crippen molar-refractivity contribution in [3.05, 3.63) is 289 Å². The van der Waals surface area contributed by atoms with Gasteiger partial charge >= 0.3 is 0 Å². The summed E-state index contributed by atoms with van der Waals surface area (Å²) in [4.78, 5) is 0. The summed E-state index contributed by atoms with van der Waals surface area (Å²) in [6.07, 6.45) is 14.7. The second-order valence-electron chi connectivity index (χ2n) is 23.1. The fourth-order valence-corrected chi connectivity index (χ4v) is 15.1. The fraction of sp³-hybridized carbons (Fsp3) is 0.0488. The van der Waals surface area contributed by atoms with E-state index < -0.39 is 0 Å². The van der Waals surface area contributed by atoms with E-state index in [2.05, 4.69) is 273 Å². The van der Waals surface area contributed by atoms with Gasteiger partial charge in [0.05, 0.1) is 0 Å². The molecule has 1 unspecified atom stereocenters. The van der Waals surface area contributed by atoms with Crippen molar-refractivity contribution in [1.82, 2.24) is 0 Å². The van der Waals surface area contributed by atoms with E-state index >= 15 is 0 Å². The van der Waals surface area contributed by atoms with Crippen LogP contribution in [0.4, 0.5) is 0 Å². The van der Waals surface area contributed by atoms with Crippen LogP contribution in [-0.2, 0) is 6.42 Å². The summed E-state index contributed by atoms with van der Waals surface area (Å²) in [5.74, 6) is 0.211. The Morgan fingerprint density at radius 2 is 0.810 bits per heavy atom. The minimum Gasteiger partial charge on any atom is -0.456 e. The minimum absolute atomic E-state index is 0.211. The molecule has 2 aliphatic rings. The number of fused-ring (bicyclic) bond motifs is 15. The van der Waals surface area contributed by atoms with E-state index in [9.17, 15) is 0 Å². The molecular formula is C82H52O2. The SMILES string of the molecule is C1=CCC(c2cccc3ccccc23)C(c2c3ccccc3c(-c3ccc4c(c3)oc3ccc5c(ccc6oc7cc(-c8c9ccccc9c(-c9ccccc9-c9cccc%10c9C=CCC%10)c9ccccc89)ccc7c65)c34)c3ccccc23)=C1. The Morgan fingerprint density at radius 1 is 0.333 bits per heavy atom. The number of benzene rings is 14. The van der Waals surface area contributed by atoms with Gasteiger partial charge in [-0.3, -0.25) is 0 Å². The lowest BCUT2D eigenvalue weighted by atomic mass is 9.76. The van der Waals surface area contributed by atoms with Gasteiger partial charge in [0.1, 0.15) is 22.3 Å². The predicted molar refractivity (Wildman–Crippen MR) is 356 cm³/mol. The zero-order chi connectivity index (χ0) is 55.0. The number of aryl methyl sites for hydroxylation is 1. The van der Waals surface area contributed by atoms with Crippen LogP contribution in [0.3, 0.4) is 0 Å². The Balaban J connectivity index is 0.764. The first-order valence-corrected chi connectivity index (χ1v) is 29.5. The molecule has 392 valence electrons. The zero-order valence-electron chi connectivity index (χ0n) is 46.0. The van der Waals surface area contributed by atoms with Gasteiger partial charge in [-0.05, 0) is 205 Å². The standard InChI is InChI=1S/C82H52O2/c1-3-23-53-49(19-1)21-17-37-55(53)57-25-5-7-27-59(57)79-65-33-13-9-29-61(65)77(62-30-10-14-34-66(62)79)51-39-41-71-75(47-51)83-73-45-43-70-69(81(71)73)44-46-74-82(70)72-42-40-52(48-76(72)84-74)78-63-31-11-15-35-67(63)80(68-36-16-12-32-64(68)78)60-28-8-6-26-58(60)56-38-18-22-50-20-2-4-24-54(50)56/h1,3-19,21-24,26-48,57H,2,20,25H2. The lowest BCUT2D eigenvalue weighted by Crippen LogP contribution is -2.06. The van der Waals surface area contributed by atoms with E-state index in [0.717, 1.165) is 85.0 Å². The molecule has 0 saturated heterocycles. The topological polar surface area (TPSA) is 26.3 Å². The Labute approximate surface area is 485 Å². The van der Waals surface area contributed by atoms with Crippen molar-refractivity contribution in [2.45, 2.75) is 25.2 Å². The van der Waals surface area contributed by atoms with E-state index in [-0.39, 0.29) is 5.92 Å². The van der Waals surface area contributed by atoms with E-state index in [0.29, 0.717) is 0 Å². The summed E-state index contributed by atoms with van der Waals surface area (Å²) in [5, 5.41) is 19.2. The van der Waals surface area contributed by atoms with Crippen LogP contribution in [0, 0.1) is 0 Å². The van der Waals surface area contributed by atoms with Crippen molar-refractivity contribution >= 4 is 120 Å². The average Bonchev–Trinajstić information content (AvgIpc) is 2.71. The molecule has 2 aromatic heterocycles. The molecule has 2 heterocycles. The highest BCUT2D eigenvalue weighted by Gasteiger charge is 2.27. The Kier molecular flexibility index (Phi) is 10.4. The molecule has 0 saturated carbocycles. The van der Waals surface area contributed by atoms with Gasteiger partial charge in [-0.15, -0.1) is 0 Å². The van der Waals surface area contributed by atoms with Crippen LogP contribution in [0.2, 0.25) is 0 Å². The molecule has 0 amide bonds. The van der Waals surface area contributed by atoms with Gasteiger partial charge in [0.25, 0.3) is 0 Å². The summed E-state index contributed by atoms with van der Waals surface area (Å²) < 4.78 is 13.8. The first-order chi connectivity index (χ1) is 41.7. The number of furan rings is 2. The maximum absolute atomic E-state index is 6.92. The van der Waals surface area contributed by atoms with Crippen molar-refractivity contribution in [1.29, 1.82) is 0 Å². The molecule has 2 nitrogen and oxygen atoms in total. The van der Waals surface area contributed by atoms with E-state index in [1.54, 1.807) is 0 Å². The molecular weight excluding hydrogens is 1020 g/mol. The van der Waals surface area contributed by atoms with Gasteiger partial charge in [-0.25, -0.2) is 0 Å². The molecule has 0 bridgehead atoms. The molecule has 1 atom stereocenters. The predicted octanol–water partition coefficient (Wildman–Crippen LogP) is 23.2. The molecule has 2 aliphatic carbocycles. The third kappa shape index (κ3) is 6.98. The molecule has 18 rings (SSSR count). The highest BCUT2D eigenvalue weighted by Crippen LogP contribution is 2.51. The van der Waals surface area contributed by atoms with Crippen molar-refractivity contribution in [2.75, 3.05) is 0 Å². The molecule has 16 aromatic rings. The molecule has 84 heavy (non-hydrogen) atoms. The Bertz CT molecular complexity index is 5480. The van der Waals surface area contributed by atoms with Crippen LogP contribution < -0.4 is 0 Å². The number of allylic oxidation sites excluding steroid dienone is 5. The molecule has 0 N–H and O–H groups in total. The fourth-order valence-electron chi connectivity index (χ4n) is 15.1. The zero-order valence-corrected chi connectivity index (χ0v) is 46.0. The van der Waals surface area contributed by atoms with Crippen LogP contribution in [-0.4, -0.2) is 0 Å². The Hall–Kier alpha value is -10.5. The second-order valence-corrected chi connectivity index (χ2v) is 23.1. The van der Waals surface area contributed by atoms with Crippen LogP contribution in [0.1, 0.15) is 41.0 Å². The van der Waals surface area contributed by atoms with Crippen LogP contribution >= 0.6 is 0 Å². The molecule has 0 fully saturated rings. The third-order valence-corrected chi connectivity index (χ3v) is 18.7. The van der Waals surface area contributed by atoms with E-state index in [1.165, 1.54) is 115 Å². The van der Waals surface area contributed by atoms with Gasteiger partial charge in [-0.2, -0.15) is 0 Å². The summed E-state index contributed by atoms with van der Waals surface area (Å²) in [5.41, 5.74) is 20.0. The maximum atomic E-state index is 6.92. The average molecular weight is 1070 g/mol. The summed E-state index contributed by atoms with van der Waals surface area (Å²) >= 11 is 0. The molecule has 0 radical (unpaired) electrons. The highest BCUT2D eigenvalue weighted by atomic mass is 16.3. The van der Waals surface area contributed by atoms with Gasteiger partial charge in [0, 0.05) is 27.5 Å². The van der Waals surface area contributed by atoms with E-state index in [1.807, 2.05) is 0 Å². The van der Waals surface area contributed by atoms with Gasteiger partial charge in [-0.1, -0.05) is 225 Å². The quantitative estimate of drug-likeness (QED) is 0.155. The minimum atomic E-state index is 0.211. The number of rotatable bonds is 6. The molecule has 0 spiro atoms. The highest BCUT2D eigenvalue weighted by molar-refractivity contribution is 6.29. The lowest BCUT2D eigenvalue weighted by molar-refractivity contribution is 0.668. The van der Waals surface area contributed by atoms with Gasteiger partial charge in [0.2, 0.25) is 0 Å². The normalized spacial score (nSPS) is 14.4. The van der Waals surface area contributed by atoms with Gasteiger partial charge in [0.15, 0.2) is 0 Å². The second kappa shape index (κ2) is 18.5. The third-order valence-electron chi connectivity index (χ3n) is 18.7. The number of hydrogen-bond acceptors (Lipinski definition) is 2. The largest absolute Gasteiger partial charge is 0.456 e. The van der Waals surface area contributed by atoms with Crippen molar-refractivity contribution in [3.63, 3.8) is 0 Å². The summed E-state index contributed by atoms with van der Waals surface area (Å²) in [6.45, 7) is 0. The summed E-state index contributed by atoms with van der Waals surface area (Å²) in [6, 6.07) is 89.9.